The van der Waals surface area contributed by atoms with Crippen LogP contribution in [0.25, 0.3) is 16.4 Å². The number of amides is 1. The number of nitrogens with one attached hydrogen (secondary N) is 2. The highest BCUT2D eigenvalue weighted by Gasteiger charge is 2.26. The molecule has 1 amide bonds. The van der Waals surface area contributed by atoms with Crippen LogP contribution in [0.1, 0.15) is 18.4 Å². The van der Waals surface area contributed by atoms with Gasteiger partial charge in [-0.15, -0.1) is 0 Å². The molecule has 3 N–H and O–H groups in total. The van der Waals surface area contributed by atoms with E-state index in [2.05, 4.69) is 15.1 Å². The number of ketones is 1. The maximum absolute atomic E-state index is 12.6. The molecule has 0 spiro atoms. The molecule has 0 saturated heterocycles. The summed E-state index contributed by atoms with van der Waals surface area (Å²) in [7, 11) is 0. The van der Waals surface area contributed by atoms with E-state index in [1.807, 2.05) is 30.5 Å². The van der Waals surface area contributed by atoms with E-state index >= 15 is 0 Å². The molecule has 0 saturated carbocycles. The number of hydrogen-bond acceptors (Lipinski definition) is 4. The molecule has 0 bridgehead atoms. The van der Waals surface area contributed by atoms with Gasteiger partial charge in [-0.1, -0.05) is 18.2 Å². The molecule has 2 unspecified atom stereocenters. The minimum absolute atomic E-state index is 0.0832. The van der Waals surface area contributed by atoms with E-state index in [1.54, 1.807) is 6.26 Å². The predicted molar refractivity (Wildman–Crippen MR) is 103 cm³/mol. The topological polar surface area (TPSA) is 136 Å². The van der Waals surface area contributed by atoms with Gasteiger partial charge in [-0.25, -0.2) is 4.79 Å². The van der Waals surface area contributed by atoms with E-state index < -0.39 is 29.0 Å². The fourth-order valence-electron chi connectivity index (χ4n) is 2.72. The summed E-state index contributed by atoms with van der Waals surface area (Å²) in [5, 5.41) is 12.3. The molecule has 8 nitrogen and oxygen atoms in total. The van der Waals surface area contributed by atoms with Gasteiger partial charge in [-0.05, 0) is 30.7 Å². The number of thioether (sulfide) groups is 1. The Morgan fingerprint density at radius 1 is 1.37 bits per heavy atom. The van der Waals surface area contributed by atoms with Crippen molar-refractivity contribution in [3.05, 3.63) is 41.6 Å². The zero-order valence-electron chi connectivity index (χ0n) is 14.7. The van der Waals surface area contributed by atoms with Crippen molar-refractivity contribution in [3.63, 3.8) is 0 Å². The van der Waals surface area contributed by atoms with Gasteiger partial charge in [0.1, 0.15) is 6.04 Å². The summed E-state index contributed by atoms with van der Waals surface area (Å²) in [4.78, 5) is 41.1. The van der Waals surface area contributed by atoms with Gasteiger partial charge < -0.3 is 20.9 Å². The summed E-state index contributed by atoms with van der Waals surface area (Å²) in [6.07, 6.45) is 4.56. The predicted octanol–water partition coefficient (Wildman–Crippen LogP) is 1.66. The standard InChI is InChI=1S/C18H20N4O4S/c1-27-16(8-11-9-20-14-5-3-2-4-13(11)14)17(24)22-15(18(25)26)7-6-12(23)10-21-19/h2-5,9-10,15-16,20H,6-8H2,1H3,(H,22,24)(H,25,26). The molecule has 2 atom stereocenters. The Balaban J connectivity index is 2.04. The third-order valence-corrected chi connectivity index (χ3v) is 5.10. The Morgan fingerprint density at radius 3 is 2.78 bits per heavy atom. The molecule has 1 heterocycles. The molecule has 9 heteroatoms. The Labute approximate surface area is 160 Å². The number of benzene rings is 1. The van der Waals surface area contributed by atoms with E-state index in [4.69, 9.17) is 5.53 Å². The molecular weight excluding hydrogens is 368 g/mol. The van der Waals surface area contributed by atoms with Crippen LogP contribution in [0.15, 0.2) is 30.5 Å². The number of carboxylic acid groups (broad SMARTS) is 1. The SMILES string of the molecule is CSC(Cc1c[nH]c2ccccc12)C(=O)NC(CCC(=O)C=[N+]=[N-])C(=O)O. The lowest BCUT2D eigenvalue weighted by Crippen LogP contribution is -2.45. The lowest BCUT2D eigenvalue weighted by atomic mass is 10.1. The Hall–Kier alpha value is -2.90. The first-order valence-corrected chi connectivity index (χ1v) is 9.56. The molecule has 1 aromatic carbocycles. The average Bonchev–Trinajstić information content (AvgIpc) is 3.05. The van der Waals surface area contributed by atoms with Crippen LogP contribution in [0.3, 0.4) is 0 Å². The van der Waals surface area contributed by atoms with Gasteiger partial charge in [0.25, 0.3) is 0 Å². The monoisotopic (exact) mass is 388 g/mol. The molecule has 0 aliphatic carbocycles. The van der Waals surface area contributed by atoms with Gasteiger partial charge in [-0.2, -0.15) is 16.6 Å². The minimum atomic E-state index is -1.22. The van der Waals surface area contributed by atoms with Gasteiger partial charge in [0.15, 0.2) is 0 Å². The molecule has 0 aliphatic rings. The maximum Gasteiger partial charge on any atom is 0.326 e. The number of Topliss-reactive ketones (excluding diaryl/α,β-unsaturated/α-hetero) is 1. The first kappa shape index (κ1) is 20.4. The van der Waals surface area contributed by atoms with Gasteiger partial charge >= 0.3 is 12.2 Å². The molecule has 27 heavy (non-hydrogen) atoms. The van der Waals surface area contributed by atoms with Crippen molar-refractivity contribution in [2.75, 3.05) is 6.26 Å². The van der Waals surface area contributed by atoms with Gasteiger partial charge in [0, 0.05) is 23.5 Å². The molecule has 0 aliphatic heterocycles. The normalized spacial score (nSPS) is 12.8. The van der Waals surface area contributed by atoms with E-state index in [-0.39, 0.29) is 12.8 Å². The first-order valence-electron chi connectivity index (χ1n) is 8.27. The van der Waals surface area contributed by atoms with Crippen LogP contribution >= 0.6 is 11.8 Å². The van der Waals surface area contributed by atoms with Crippen molar-refractivity contribution in [2.45, 2.75) is 30.6 Å². The number of aromatic amines is 1. The highest BCUT2D eigenvalue weighted by Crippen LogP contribution is 2.22. The van der Waals surface area contributed by atoms with Gasteiger partial charge in [-0.3, -0.25) is 9.59 Å². The highest BCUT2D eigenvalue weighted by atomic mass is 32.2. The summed E-state index contributed by atoms with van der Waals surface area (Å²) in [5.41, 5.74) is 10.3. The Kier molecular flexibility index (Phi) is 7.34. The van der Waals surface area contributed by atoms with E-state index in [9.17, 15) is 19.5 Å². The maximum atomic E-state index is 12.6. The third-order valence-electron chi connectivity index (χ3n) is 4.15. The minimum Gasteiger partial charge on any atom is -0.480 e. The second-order valence-electron chi connectivity index (χ2n) is 5.94. The third kappa shape index (κ3) is 5.54. The van der Waals surface area contributed by atoms with Crippen LogP contribution in [0.5, 0.6) is 0 Å². The number of aliphatic carboxylic acids is 1. The van der Waals surface area contributed by atoms with E-state index in [1.165, 1.54) is 11.8 Å². The number of fused-ring (bicyclic) bond motifs is 1. The number of hydrogen-bond donors (Lipinski definition) is 3. The number of para-hydroxylation sites is 1. The van der Waals surface area contributed by atoms with Crippen LogP contribution in [0.2, 0.25) is 0 Å². The van der Waals surface area contributed by atoms with Crippen LogP contribution < -0.4 is 5.32 Å². The Bertz CT molecular complexity index is 888. The Morgan fingerprint density at radius 2 is 2.11 bits per heavy atom. The quantitative estimate of drug-likeness (QED) is 0.323. The van der Waals surface area contributed by atoms with Crippen molar-refractivity contribution in [1.82, 2.24) is 10.3 Å². The van der Waals surface area contributed by atoms with Crippen molar-refractivity contribution < 1.29 is 24.3 Å². The van der Waals surface area contributed by atoms with Crippen molar-refractivity contribution >= 4 is 46.5 Å². The molecule has 0 fully saturated rings. The van der Waals surface area contributed by atoms with Gasteiger partial charge in [0.2, 0.25) is 11.7 Å². The average molecular weight is 388 g/mol. The zero-order valence-corrected chi connectivity index (χ0v) is 15.5. The number of nitrogens with zero attached hydrogens (tertiary/aromatic N) is 2. The molecule has 1 aromatic heterocycles. The smallest absolute Gasteiger partial charge is 0.326 e. The highest BCUT2D eigenvalue weighted by molar-refractivity contribution is 7.99. The van der Waals surface area contributed by atoms with Crippen molar-refractivity contribution in [3.8, 4) is 0 Å². The lowest BCUT2D eigenvalue weighted by Gasteiger charge is -2.18. The van der Waals surface area contributed by atoms with E-state index in [0.29, 0.717) is 12.6 Å². The number of carbonyl (C=O) groups excluding carboxylic acids is 2. The van der Waals surface area contributed by atoms with Crippen molar-refractivity contribution in [2.24, 2.45) is 0 Å². The zero-order chi connectivity index (χ0) is 19.8. The van der Waals surface area contributed by atoms with E-state index in [0.717, 1.165) is 16.5 Å². The number of carboxylic acids is 1. The molecule has 2 rings (SSSR count). The molecular formula is C18H20N4O4S. The lowest BCUT2D eigenvalue weighted by molar-refractivity contribution is -0.142. The number of H-pyrrole nitrogens is 1. The number of aromatic nitrogens is 1. The molecule has 0 radical (unpaired) electrons. The van der Waals surface area contributed by atoms with Crippen molar-refractivity contribution in [1.29, 1.82) is 0 Å². The summed E-state index contributed by atoms with van der Waals surface area (Å²) in [6, 6.07) is 6.55. The fraction of sp³-hybridized carbons (Fsp3) is 0.333. The van der Waals surface area contributed by atoms with Gasteiger partial charge in [0.05, 0.1) is 5.25 Å². The first-order chi connectivity index (χ1) is 13.0. The molecule has 142 valence electrons. The molecule has 2 aromatic rings. The van der Waals surface area contributed by atoms with Crippen LogP contribution in [-0.2, 0) is 20.8 Å². The largest absolute Gasteiger partial charge is 0.480 e. The fourth-order valence-corrected chi connectivity index (χ4v) is 3.35. The van der Waals surface area contributed by atoms with Crippen LogP contribution in [-0.4, -0.2) is 56.3 Å². The summed E-state index contributed by atoms with van der Waals surface area (Å²) in [5.74, 6) is -2.13. The second kappa shape index (κ2) is 9.70. The summed E-state index contributed by atoms with van der Waals surface area (Å²) >= 11 is 1.33. The second-order valence-corrected chi connectivity index (χ2v) is 6.98. The summed E-state index contributed by atoms with van der Waals surface area (Å²) in [6.45, 7) is 0. The summed E-state index contributed by atoms with van der Waals surface area (Å²) < 4.78 is 0. The number of carbonyl (C=O) groups is 3. The number of rotatable bonds is 10. The van der Waals surface area contributed by atoms with Crippen LogP contribution in [0, 0.1) is 0 Å². The van der Waals surface area contributed by atoms with Crippen LogP contribution in [0.4, 0.5) is 0 Å².